The zero-order chi connectivity index (χ0) is 29.6. The van der Waals surface area contributed by atoms with Crippen LogP contribution in [0.5, 0.6) is 0 Å². The van der Waals surface area contributed by atoms with Crippen molar-refractivity contribution in [1.29, 1.82) is 0 Å². The molecule has 1 N–H and O–H groups in total. The van der Waals surface area contributed by atoms with E-state index in [-0.39, 0.29) is 16.5 Å². The fraction of sp³-hybridized carbons (Fsp3) is 0.273. The third-order valence-electron chi connectivity index (χ3n) is 7.70. The molecule has 3 heterocycles. The highest BCUT2D eigenvalue weighted by Gasteiger charge is 2.31. The second kappa shape index (κ2) is 10.9. The van der Waals surface area contributed by atoms with Crippen LogP contribution in [-0.2, 0) is 19.3 Å². The van der Waals surface area contributed by atoms with Gasteiger partial charge in [0, 0.05) is 22.9 Å². The summed E-state index contributed by atoms with van der Waals surface area (Å²) in [6, 6.07) is 19.0. The highest BCUT2D eigenvalue weighted by molar-refractivity contribution is 7.49. The van der Waals surface area contributed by atoms with Gasteiger partial charge in [-0.05, 0) is 59.3 Å². The monoisotopic (exact) mass is 582 g/mol. The first-order valence-corrected chi connectivity index (χ1v) is 15.1. The van der Waals surface area contributed by atoms with Gasteiger partial charge in [-0.15, -0.1) is 0 Å². The van der Waals surface area contributed by atoms with Crippen LogP contribution in [0.25, 0.3) is 28.2 Å². The van der Waals surface area contributed by atoms with E-state index >= 15 is 4.39 Å². The van der Waals surface area contributed by atoms with Crippen molar-refractivity contribution in [2.75, 3.05) is 0 Å². The van der Waals surface area contributed by atoms with E-state index in [0.717, 1.165) is 51.7 Å². The minimum absolute atomic E-state index is 0.0230. The Morgan fingerprint density at radius 1 is 1.07 bits per heavy atom. The van der Waals surface area contributed by atoms with Crippen LogP contribution < -0.4 is 16.6 Å². The van der Waals surface area contributed by atoms with Crippen molar-refractivity contribution in [3.05, 3.63) is 116 Å². The van der Waals surface area contributed by atoms with Gasteiger partial charge in [-0.1, -0.05) is 89.5 Å². The molecule has 0 spiro atoms. The van der Waals surface area contributed by atoms with Crippen LogP contribution in [0.3, 0.4) is 0 Å². The van der Waals surface area contributed by atoms with Crippen LogP contribution in [0.4, 0.5) is 4.39 Å². The molecule has 5 aromatic rings. The standard InChI is InChI=1S/C33H32FN4O3P/c1-5-8-28-26(31(39)38(19(2)35-28)23-16-22-18-33(3,4)42-29(22)27(34)17-23)15-20-11-13-21(14-12-20)24-9-6-7-10-25(24)30-36-32(40)41-37-30/h6-7,9-14,16-17,42H,5,8,15,18H2,1-4H3,(H,36,37,40). The molecule has 0 radical (unpaired) electrons. The Labute approximate surface area is 244 Å². The fourth-order valence-electron chi connectivity index (χ4n) is 5.85. The van der Waals surface area contributed by atoms with Crippen LogP contribution >= 0.6 is 8.58 Å². The maximum Gasteiger partial charge on any atom is 0.439 e. The minimum atomic E-state index is -0.609. The molecule has 1 aliphatic heterocycles. The summed E-state index contributed by atoms with van der Waals surface area (Å²) in [6.45, 7) is 8.19. The SMILES string of the molecule is CCCc1nc(C)n(-c2cc(F)c3c(c2)CC(C)(C)P3)c(=O)c1Cc1ccc(-c2ccccc2-c2noc(=O)[nH]2)cc1. The molecule has 2 aromatic heterocycles. The second-order valence-electron chi connectivity index (χ2n) is 11.5. The van der Waals surface area contributed by atoms with Gasteiger partial charge < -0.3 is 0 Å². The zero-order valence-corrected chi connectivity index (χ0v) is 25.0. The fourth-order valence-corrected chi connectivity index (χ4v) is 7.32. The lowest BCUT2D eigenvalue weighted by Crippen LogP contribution is -2.29. The number of rotatable bonds is 7. The van der Waals surface area contributed by atoms with E-state index in [4.69, 9.17) is 9.51 Å². The number of aryl methyl sites for hydroxylation is 2. The number of nitrogens with zero attached hydrogens (tertiary/aromatic N) is 3. The minimum Gasteiger partial charge on any atom is -0.296 e. The molecule has 0 aliphatic carbocycles. The Bertz CT molecular complexity index is 1920. The average molecular weight is 583 g/mol. The van der Waals surface area contributed by atoms with Gasteiger partial charge in [-0.25, -0.2) is 14.2 Å². The Hall–Kier alpha value is -4.16. The summed E-state index contributed by atoms with van der Waals surface area (Å²) >= 11 is 0. The number of halogens is 1. The van der Waals surface area contributed by atoms with Crippen molar-refractivity contribution in [3.63, 3.8) is 0 Å². The molecule has 42 heavy (non-hydrogen) atoms. The third kappa shape index (κ3) is 5.27. The van der Waals surface area contributed by atoms with Gasteiger partial charge in [0.25, 0.3) is 5.56 Å². The molecular formula is C33H32FN4O3P. The van der Waals surface area contributed by atoms with Crippen LogP contribution in [0.2, 0.25) is 0 Å². The highest BCUT2D eigenvalue weighted by atomic mass is 31.1. The molecule has 1 aliphatic rings. The lowest BCUT2D eigenvalue weighted by molar-refractivity contribution is 0.388. The lowest BCUT2D eigenvalue weighted by Gasteiger charge is -2.17. The van der Waals surface area contributed by atoms with Crippen LogP contribution in [0.15, 0.2) is 74.8 Å². The molecule has 0 saturated carbocycles. The van der Waals surface area contributed by atoms with E-state index in [1.807, 2.05) is 61.5 Å². The Morgan fingerprint density at radius 3 is 2.50 bits per heavy atom. The normalized spacial score (nSPS) is 14.4. The molecule has 0 fully saturated rings. The van der Waals surface area contributed by atoms with E-state index in [2.05, 4.69) is 30.9 Å². The number of benzene rings is 3. The maximum atomic E-state index is 15.3. The predicted octanol–water partition coefficient (Wildman–Crippen LogP) is 5.87. The predicted molar refractivity (Wildman–Crippen MR) is 165 cm³/mol. The second-order valence-corrected chi connectivity index (χ2v) is 13.6. The summed E-state index contributed by atoms with van der Waals surface area (Å²) in [5, 5.41) is 4.65. The van der Waals surface area contributed by atoms with E-state index in [9.17, 15) is 9.59 Å². The van der Waals surface area contributed by atoms with Crippen molar-refractivity contribution < 1.29 is 8.91 Å². The zero-order valence-electron chi connectivity index (χ0n) is 24.0. The van der Waals surface area contributed by atoms with E-state index in [1.165, 1.54) is 6.07 Å². The van der Waals surface area contributed by atoms with Gasteiger partial charge in [0.15, 0.2) is 5.82 Å². The largest absolute Gasteiger partial charge is 0.439 e. The number of aromatic nitrogens is 4. The molecule has 0 amide bonds. The number of nitrogens with one attached hydrogen (secondary N) is 1. The van der Waals surface area contributed by atoms with Gasteiger partial charge in [0.2, 0.25) is 0 Å². The van der Waals surface area contributed by atoms with Crippen molar-refractivity contribution in [1.82, 2.24) is 19.7 Å². The summed E-state index contributed by atoms with van der Waals surface area (Å²) in [5.41, 5.74) is 6.29. The molecule has 6 rings (SSSR count). The topological polar surface area (TPSA) is 93.8 Å². The van der Waals surface area contributed by atoms with E-state index in [1.54, 1.807) is 4.57 Å². The first kappa shape index (κ1) is 28.0. The van der Waals surface area contributed by atoms with Crippen molar-refractivity contribution in [3.8, 4) is 28.2 Å². The van der Waals surface area contributed by atoms with Crippen LogP contribution in [-0.4, -0.2) is 24.8 Å². The molecule has 3 aromatic carbocycles. The first-order valence-electron chi connectivity index (χ1n) is 14.1. The van der Waals surface area contributed by atoms with Gasteiger partial charge in [0.1, 0.15) is 11.6 Å². The molecule has 1 atom stereocenters. The Morgan fingerprint density at radius 2 is 1.81 bits per heavy atom. The number of fused-ring (bicyclic) bond motifs is 1. The summed E-state index contributed by atoms with van der Waals surface area (Å²) in [7, 11) is 0.409. The van der Waals surface area contributed by atoms with Crippen LogP contribution in [0, 0.1) is 12.7 Å². The van der Waals surface area contributed by atoms with Crippen molar-refractivity contribution in [2.24, 2.45) is 0 Å². The smallest absolute Gasteiger partial charge is 0.296 e. The third-order valence-corrected chi connectivity index (χ3v) is 9.36. The van der Waals surface area contributed by atoms with Gasteiger partial charge in [-0.3, -0.25) is 18.9 Å². The molecular weight excluding hydrogens is 550 g/mol. The average Bonchev–Trinajstić information content (AvgIpc) is 3.53. The molecule has 0 bridgehead atoms. The van der Waals surface area contributed by atoms with Gasteiger partial charge in [-0.2, -0.15) is 0 Å². The molecule has 214 valence electrons. The summed E-state index contributed by atoms with van der Waals surface area (Å²) < 4.78 is 21.5. The summed E-state index contributed by atoms with van der Waals surface area (Å²) in [5.74, 6) is 0.0657. The van der Waals surface area contributed by atoms with Gasteiger partial charge >= 0.3 is 5.76 Å². The molecule has 9 heteroatoms. The van der Waals surface area contributed by atoms with Crippen molar-refractivity contribution in [2.45, 2.75) is 58.5 Å². The molecule has 0 saturated heterocycles. The van der Waals surface area contributed by atoms with Crippen LogP contribution in [0.1, 0.15) is 55.4 Å². The Kier molecular flexibility index (Phi) is 7.27. The lowest BCUT2D eigenvalue weighted by atomic mass is 9.96. The number of hydrogen-bond acceptors (Lipinski definition) is 5. The highest BCUT2D eigenvalue weighted by Crippen LogP contribution is 2.42. The number of aromatic amines is 1. The summed E-state index contributed by atoms with van der Waals surface area (Å²) in [4.78, 5) is 33.1. The summed E-state index contributed by atoms with van der Waals surface area (Å²) in [6.07, 6.45) is 2.73. The van der Waals surface area contributed by atoms with E-state index in [0.29, 0.717) is 44.3 Å². The maximum absolute atomic E-state index is 15.3. The molecule has 7 nitrogen and oxygen atoms in total. The van der Waals surface area contributed by atoms with Gasteiger partial charge in [0.05, 0.1) is 11.4 Å². The van der Waals surface area contributed by atoms with E-state index < -0.39 is 5.76 Å². The molecule has 1 unspecified atom stereocenters. The first-order chi connectivity index (χ1) is 20.1. The number of H-pyrrole nitrogens is 1. The quantitative estimate of drug-likeness (QED) is 0.242. The Balaban J connectivity index is 1.37. The number of hydrogen-bond donors (Lipinski definition) is 1. The van der Waals surface area contributed by atoms with Crippen molar-refractivity contribution >= 4 is 13.9 Å².